The third kappa shape index (κ3) is 42.1. The molecule has 0 fully saturated rings. The zero-order chi connectivity index (χ0) is 40.1. The van der Waals surface area contributed by atoms with Crippen molar-refractivity contribution in [2.45, 2.75) is 219 Å². The molecule has 6 heteroatoms. The maximum Gasteiger partial charge on any atom is 0.306 e. The number of rotatable bonds is 40. The lowest BCUT2D eigenvalue weighted by Crippen LogP contribution is -2.30. The fourth-order valence-corrected chi connectivity index (χ4v) is 6.06. The van der Waals surface area contributed by atoms with Crippen LogP contribution in [0.15, 0.2) is 60.8 Å². The zero-order valence-electron chi connectivity index (χ0n) is 35.9. The number of hydrogen-bond acceptors (Lipinski definition) is 6. The van der Waals surface area contributed by atoms with E-state index in [2.05, 4.69) is 81.5 Å². The van der Waals surface area contributed by atoms with Crippen LogP contribution >= 0.6 is 0 Å². The second-order valence-corrected chi connectivity index (χ2v) is 15.0. The number of unbranched alkanes of at least 4 members (excludes halogenated alkanes) is 21. The molecule has 0 bridgehead atoms. The third-order valence-corrected chi connectivity index (χ3v) is 9.54. The lowest BCUT2D eigenvalue weighted by Gasteiger charge is -2.18. The number of carbonyl (C=O) groups is 3. The molecule has 0 saturated carbocycles. The van der Waals surface area contributed by atoms with Crippen LogP contribution in [0.5, 0.6) is 0 Å². The summed E-state index contributed by atoms with van der Waals surface area (Å²) in [5, 5.41) is 0. The predicted molar refractivity (Wildman–Crippen MR) is 233 cm³/mol. The van der Waals surface area contributed by atoms with Crippen molar-refractivity contribution >= 4 is 17.9 Å². The molecule has 0 spiro atoms. The molecule has 0 aromatic heterocycles. The first kappa shape index (κ1) is 52.1. The summed E-state index contributed by atoms with van der Waals surface area (Å²) in [6, 6.07) is 0. The van der Waals surface area contributed by atoms with Gasteiger partial charge in [-0.25, -0.2) is 0 Å². The van der Waals surface area contributed by atoms with E-state index >= 15 is 0 Å². The summed E-state index contributed by atoms with van der Waals surface area (Å²) in [7, 11) is 0. The molecule has 1 atom stereocenters. The van der Waals surface area contributed by atoms with Crippen LogP contribution in [-0.2, 0) is 28.6 Å². The molecule has 0 heterocycles. The molecule has 316 valence electrons. The molecule has 0 aliphatic rings. The van der Waals surface area contributed by atoms with Crippen LogP contribution in [0.25, 0.3) is 0 Å². The van der Waals surface area contributed by atoms with Crippen molar-refractivity contribution in [1.82, 2.24) is 0 Å². The molecule has 55 heavy (non-hydrogen) atoms. The Labute approximate surface area is 339 Å². The van der Waals surface area contributed by atoms with Crippen LogP contribution in [0.1, 0.15) is 213 Å². The van der Waals surface area contributed by atoms with Crippen LogP contribution in [0, 0.1) is 0 Å². The van der Waals surface area contributed by atoms with Gasteiger partial charge in [-0.1, -0.05) is 171 Å². The van der Waals surface area contributed by atoms with Gasteiger partial charge in [-0.05, 0) is 83.5 Å². The number of hydrogen-bond donors (Lipinski definition) is 0. The Morgan fingerprint density at radius 1 is 0.382 bits per heavy atom. The van der Waals surface area contributed by atoms with Crippen LogP contribution in [0.3, 0.4) is 0 Å². The highest BCUT2D eigenvalue weighted by molar-refractivity contribution is 5.71. The lowest BCUT2D eigenvalue weighted by atomic mass is 10.1. The van der Waals surface area contributed by atoms with Gasteiger partial charge in [0.05, 0.1) is 0 Å². The molecule has 0 rings (SSSR count). The van der Waals surface area contributed by atoms with Gasteiger partial charge in [0, 0.05) is 19.3 Å². The van der Waals surface area contributed by atoms with Gasteiger partial charge in [-0.3, -0.25) is 14.4 Å². The molecular formula is C49H84O6. The Kier molecular flexibility index (Phi) is 41.5. The molecule has 1 unspecified atom stereocenters. The Hall–Kier alpha value is -2.89. The van der Waals surface area contributed by atoms with Crippen molar-refractivity contribution in [2.75, 3.05) is 13.2 Å². The van der Waals surface area contributed by atoms with Crippen LogP contribution in [0.4, 0.5) is 0 Å². The minimum absolute atomic E-state index is 0.0920. The Morgan fingerprint density at radius 3 is 1.22 bits per heavy atom. The van der Waals surface area contributed by atoms with E-state index in [1.165, 1.54) is 70.6 Å². The predicted octanol–water partition coefficient (Wildman–Crippen LogP) is 14.5. The number of allylic oxidation sites excluding steroid dienone is 10. The van der Waals surface area contributed by atoms with E-state index in [0.29, 0.717) is 19.3 Å². The van der Waals surface area contributed by atoms with E-state index in [4.69, 9.17) is 14.2 Å². The molecule has 0 saturated heterocycles. The molecule has 0 radical (unpaired) electrons. The molecule has 0 aromatic carbocycles. The summed E-state index contributed by atoms with van der Waals surface area (Å²) >= 11 is 0. The first-order chi connectivity index (χ1) is 27.0. The summed E-state index contributed by atoms with van der Waals surface area (Å²) in [5.74, 6) is -0.942. The Balaban J connectivity index is 4.45. The van der Waals surface area contributed by atoms with Crippen molar-refractivity contribution in [1.29, 1.82) is 0 Å². The van der Waals surface area contributed by atoms with Gasteiger partial charge in [0.15, 0.2) is 6.10 Å². The van der Waals surface area contributed by atoms with Crippen molar-refractivity contribution in [3.05, 3.63) is 60.8 Å². The largest absolute Gasteiger partial charge is 0.462 e. The van der Waals surface area contributed by atoms with E-state index in [9.17, 15) is 14.4 Å². The van der Waals surface area contributed by atoms with Crippen molar-refractivity contribution in [2.24, 2.45) is 0 Å². The van der Waals surface area contributed by atoms with Crippen molar-refractivity contribution < 1.29 is 28.6 Å². The Bertz CT molecular complexity index is 1020. The van der Waals surface area contributed by atoms with Crippen LogP contribution < -0.4 is 0 Å². The second kappa shape index (κ2) is 43.8. The first-order valence-electron chi connectivity index (χ1n) is 22.8. The smallest absolute Gasteiger partial charge is 0.306 e. The van der Waals surface area contributed by atoms with Crippen LogP contribution in [0.2, 0.25) is 0 Å². The van der Waals surface area contributed by atoms with Gasteiger partial charge in [0.1, 0.15) is 13.2 Å². The normalized spacial score (nSPS) is 12.6. The fraction of sp³-hybridized carbons (Fsp3) is 0.735. The molecule has 6 nitrogen and oxygen atoms in total. The highest BCUT2D eigenvalue weighted by Gasteiger charge is 2.19. The van der Waals surface area contributed by atoms with Crippen molar-refractivity contribution in [3.8, 4) is 0 Å². The van der Waals surface area contributed by atoms with Gasteiger partial charge in [0.2, 0.25) is 0 Å². The SMILES string of the molecule is CC\C=C/C=C\C=C/CCCCCCCC(=O)OCC(COC(=O)CCCCCCC/C=C\CCCC)OC(=O)CCCCC/C=C\CCCCCCCC. The molecular weight excluding hydrogens is 685 g/mol. The molecule has 0 aliphatic heterocycles. The maximum absolute atomic E-state index is 12.7. The van der Waals surface area contributed by atoms with E-state index in [-0.39, 0.29) is 31.1 Å². The summed E-state index contributed by atoms with van der Waals surface area (Å²) in [4.78, 5) is 37.7. The summed E-state index contributed by atoms with van der Waals surface area (Å²) < 4.78 is 16.7. The monoisotopic (exact) mass is 769 g/mol. The third-order valence-electron chi connectivity index (χ3n) is 9.54. The van der Waals surface area contributed by atoms with Gasteiger partial charge in [-0.15, -0.1) is 0 Å². The second-order valence-electron chi connectivity index (χ2n) is 15.0. The minimum atomic E-state index is -0.791. The molecule has 0 aromatic rings. The quantitative estimate of drug-likeness (QED) is 0.0203. The van der Waals surface area contributed by atoms with Crippen LogP contribution in [-0.4, -0.2) is 37.2 Å². The average Bonchev–Trinajstić information content (AvgIpc) is 3.18. The first-order valence-corrected chi connectivity index (χ1v) is 22.8. The average molecular weight is 769 g/mol. The van der Waals surface area contributed by atoms with Gasteiger partial charge in [-0.2, -0.15) is 0 Å². The Morgan fingerprint density at radius 2 is 0.745 bits per heavy atom. The summed E-state index contributed by atoms with van der Waals surface area (Å²) in [6.07, 6.45) is 52.0. The summed E-state index contributed by atoms with van der Waals surface area (Å²) in [5.41, 5.74) is 0. The van der Waals surface area contributed by atoms with E-state index in [1.54, 1.807) is 0 Å². The molecule has 0 aliphatic carbocycles. The van der Waals surface area contributed by atoms with Crippen molar-refractivity contribution in [3.63, 3.8) is 0 Å². The fourth-order valence-electron chi connectivity index (χ4n) is 6.06. The highest BCUT2D eigenvalue weighted by atomic mass is 16.6. The van der Waals surface area contributed by atoms with Gasteiger partial charge < -0.3 is 14.2 Å². The van der Waals surface area contributed by atoms with Gasteiger partial charge >= 0.3 is 17.9 Å². The highest BCUT2D eigenvalue weighted by Crippen LogP contribution is 2.13. The van der Waals surface area contributed by atoms with Gasteiger partial charge in [0.25, 0.3) is 0 Å². The lowest BCUT2D eigenvalue weighted by molar-refractivity contribution is -0.167. The summed E-state index contributed by atoms with van der Waals surface area (Å²) in [6.45, 7) is 6.40. The minimum Gasteiger partial charge on any atom is -0.462 e. The van der Waals surface area contributed by atoms with E-state index in [1.807, 2.05) is 0 Å². The van der Waals surface area contributed by atoms with E-state index in [0.717, 1.165) is 103 Å². The topological polar surface area (TPSA) is 78.9 Å². The number of carbonyl (C=O) groups excluding carboxylic acids is 3. The standard InChI is InChI=1S/C49H84O6/c1-4-7-10-13-16-19-22-24-27-30-33-36-39-42-48(51)54-45-46(44-53-47(50)41-38-35-32-29-26-21-18-15-12-9-6-3)55-49(52)43-40-37-34-31-28-25-23-20-17-14-11-8-5-2/h7,10,13,15-16,18-19,22,25,28,46H,4-6,8-9,11-12,14,17,20-21,23-24,26-27,29-45H2,1-3H3/b10-7-,16-13-,18-15-,22-19-,28-25-. The zero-order valence-corrected chi connectivity index (χ0v) is 35.9. The number of esters is 3. The maximum atomic E-state index is 12.7. The molecule has 0 N–H and O–H groups in total. The molecule has 0 amide bonds. The van der Waals surface area contributed by atoms with E-state index < -0.39 is 6.10 Å². The number of ether oxygens (including phenoxy) is 3.